The monoisotopic (exact) mass is 619 g/mol. The third kappa shape index (κ3) is 6.01. The van der Waals surface area contributed by atoms with E-state index in [1.807, 2.05) is 55.1 Å². The maximum atomic E-state index is 14.0. The molecule has 1 unspecified atom stereocenters. The quantitative estimate of drug-likeness (QED) is 0.153. The lowest BCUT2D eigenvalue weighted by Crippen LogP contribution is -2.31. The molecule has 10 heteroatoms. The van der Waals surface area contributed by atoms with Gasteiger partial charge in [-0.1, -0.05) is 37.1 Å². The van der Waals surface area contributed by atoms with E-state index < -0.39 is 6.04 Å². The zero-order chi connectivity index (χ0) is 31.4. The first-order valence-corrected chi connectivity index (χ1v) is 15.2. The average Bonchev–Trinajstić information content (AvgIpc) is 3.57. The van der Waals surface area contributed by atoms with Crippen LogP contribution in [0, 0.1) is 6.92 Å². The van der Waals surface area contributed by atoms with Gasteiger partial charge in [0.2, 0.25) is 0 Å². The lowest BCUT2D eigenvalue weighted by molar-refractivity contribution is 0.0745. The predicted molar refractivity (Wildman–Crippen MR) is 170 cm³/mol. The fourth-order valence-corrected chi connectivity index (χ4v) is 5.69. The molecule has 9 nitrogen and oxygen atoms in total. The van der Waals surface area contributed by atoms with Crippen molar-refractivity contribution < 1.29 is 28.8 Å². The van der Waals surface area contributed by atoms with Crippen molar-refractivity contribution in [3.05, 3.63) is 81.5 Å². The van der Waals surface area contributed by atoms with Crippen molar-refractivity contribution in [3.63, 3.8) is 0 Å². The van der Waals surface area contributed by atoms with Gasteiger partial charge in [-0.25, -0.2) is 0 Å². The number of halogens is 1. The summed E-state index contributed by atoms with van der Waals surface area (Å²) in [6.45, 7) is 7.30. The van der Waals surface area contributed by atoms with Crippen LogP contribution in [0.15, 0.2) is 48.5 Å². The van der Waals surface area contributed by atoms with Gasteiger partial charge in [-0.05, 0) is 79.8 Å². The first-order chi connectivity index (χ1) is 21.3. The second kappa shape index (κ2) is 13.5. The van der Waals surface area contributed by atoms with Crippen molar-refractivity contribution in [2.75, 3.05) is 34.0 Å². The van der Waals surface area contributed by atoms with E-state index in [0.717, 1.165) is 29.5 Å². The number of aromatic amines is 1. The second-order valence-corrected chi connectivity index (χ2v) is 11.1. The molecule has 1 aromatic heterocycles. The van der Waals surface area contributed by atoms with Gasteiger partial charge in [-0.2, -0.15) is 5.10 Å². The van der Waals surface area contributed by atoms with E-state index in [0.29, 0.717) is 76.7 Å². The Kier molecular flexibility index (Phi) is 9.54. The number of amides is 1. The van der Waals surface area contributed by atoms with Crippen LogP contribution >= 0.6 is 11.6 Å². The van der Waals surface area contributed by atoms with Gasteiger partial charge in [0.25, 0.3) is 5.91 Å². The molecular formula is C34H38ClN3O6. The minimum absolute atomic E-state index is 0.0332. The zero-order valence-corrected chi connectivity index (χ0v) is 26.5. The molecule has 1 atom stereocenters. The van der Waals surface area contributed by atoms with Gasteiger partial charge in [0.1, 0.15) is 17.1 Å². The normalized spacial score (nSPS) is 14.1. The number of hydrogen-bond donors (Lipinski definition) is 2. The molecule has 4 aromatic rings. The summed E-state index contributed by atoms with van der Waals surface area (Å²) in [6, 6.07) is 14.3. The van der Waals surface area contributed by atoms with Crippen LogP contribution in [0.2, 0.25) is 5.02 Å². The number of unbranched alkanes of at least 4 members (excludes halogenated alkanes) is 1. The molecule has 1 aliphatic rings. The number of carbonyl (C=O) groups is 1. The van der Waals surface area contributed by atoms with Crippen LogP contribution in [0.4, 0.5) is 0 Å². The number of rotatable bonds is 13. The van der Waals surface area contributed by atoms with E-state index in [1.54, 1.807) is 26.4 Å². The highest BCUT2D eigenvalue weighted by molar-refractivity contribution is 6.31. The molecule has 0 aliphatic carbocycles. The Morgan fingerprint density at radius 1 is 0.977 bits per heavy atom. The first-order valence-electron chi connectivity index (χ1n) is 14.8. The Balaban J connectivity index is 1.59. The Morgan fingerprint density at radius 2 is 1.75 bits per heavy atom. The number of aryl methyl sites for hydroxylation is 1. The van der Waals surface area contributed by atoms with Crippen LogP contribution in [-0.4, -0.2) is 60.1 Å². The molecule has 3 aromatic carbocycles. The molecule has 0 radical (unpaired) electrons. The van der Waals surface area contributed by atoms with Crippen molar-refractivity contribution in [1.82, 2.24) is 15.1 Å². The maximum Gasteiger partial charge on any atom is 0.273 e. The van der Waals surface area contributed by atoms with Gasteiger partial charge in [0.15, 0.2) is 23.0 Å². The number of aromatic nitrogens is 2. The topological polar surface area (TPSA) is 106 Å². The highest BCUT2D eigenvalue weighted by Gasteiger charge is 2.42. The molecule has 1 aliphatic heterocycles. The molecule has 44 heavy (non-hydrogen) atoms. The number of phenols is 1. The summed E-state index contributed by atoms with van der Waals surface area (Å²) in [5.74, 6) is 2.36. The second-order valence-electron chi connectivity index (χ2n) is 10.7. The largest absolute Gasteiger partial charge is 0.507 e. The lowest BCUT2D eigenvalue weighted by atomic mass is 9.94. The molecule has 2 N–H and O–H groups in total. The Morgan fingerprint density at radius 3 is 2.48 bits per heavy atom. The zero-order valence-electron chi connectivity index (χ0n) is 25.7. The van der Waals surface area contributed by atoms with E-state index in [4.69, 9.17) is 30.5 Å². The number of carbonyl (C=O) groups excluding carboxylic acids is 1. The van der Waals surface area contributed by atoms with Gasteiger partial charge in [0.05, 0.1) is 33.5 Å². The Hall–Kier alpha value is -4.37. The Labute approximate surface area is 262 Å². The minimum Gasteiger partial charge on any atom is -0.507 e. The van der Waals surface area contributed by atoms with E-state index in [1.165, 1.54) is 0 Å². The number of H-pyrrole nitrogens is 1. The molecule has 5 rings (SSSR count). The standard InChI is InChI=1S/C34H38ClN3O6/c1-6-8-15-44-27-12-10-22(18-29(27)43-7-2)33-30-31(23-19-24(35)20(3)16-25(23)39)36-37-32(30)34(40)38(33)14-13-21-9-11-26(41-4)28(17-21)42-5/h9-12,16-19,33,39H,6-8,13-15H2,1-5H3,(H,36,37). The smallest absolute Gasteiger partial charge is 0.273 e. The predicted octanol–water partition coefficient (Wildman–Crippen LogP) is 7.13. The van der Waals surface area contributed by atoms with Crippen molar-refractivity contribution in [3.8, 4) is 40.0 Å². The van der Waals surface area contributed by atoms with Crippen molar-refractivity contribution in [2.24, 2.45) is 0 Å². The summed E-state index contributed by atoms with van der Waals surface area (Å²) in [7, 11) is 3.20. The number of aromatic hydroxyl groups is 1. The number of nitrogens with one attached hydrogen (secondary N) is 1. The van der Waals surface area contributed by atoms with Gasteiger partial charge >= 0.3 is 0 Å². The summed E-state index contributed by atoms with van der Waals surface area (Å²) in [5, 5.41) is 18.9. The fourth-order valence-electron chi connectivity index (χ4n) is 5.53. The summed E-state index contributed by atoms with van der Waals surface area (Å²) < 4.78 is 22.9. The average molecular weight is 620 g/mol. The van der Waals surface area contributed by atoms with Gasteiger partial charge < -0.3 is 29.0 Å². The fraction of sp³-hybridized carbons (Fsp3) is 0.353. The van der Waals surface area contributed by atoms with Gasteiger partial charge in [-0.3, -0.25) is 9.89 Å². The van der Waals surface area contributed by atoms with Crippen molar-refractivity contribution >= 4 is 17.5 Å². The number of benzene rings is 3. The van der Waals surface area contributed by atoms with E-state index in [9.17, 15) is 9.90 Å². The summed E-state index contributed by atoms with van der Waals surface area (Å²) in [6.07, 6.45) is 2.51. The number of hydrogen-bond acceptors (Lipinski definition) is 7. The number of nitrogens with zero attached hydrogens (tertiary/aromatic N) is 2. The van der Waals surface area contributed by atoms with Crippen LogP contribution in [0.1, 0.15) is 65.5 Å². The molecular weight excluding hydrogens is 582 g/mol. The first kappa shape index (κ1) is 31.1. The third-order valence-corrected chi connectivity index (χ3v) is 8.23. The number of phenolic OH excluding ortho intramolecular Hbond substituents is 1. The Bertz CT molecular complexity index is 1650. The summed E-state index contributed by atoms with van der Waals surface area (Å²) >= 11 is 6.48. The SMILES string of the molecule is CCCCOc1ccc(C2c3c(-c4cc(Cl)c(C)cc4O)n[nH]c3C(=O)N2CCc2ccc(OC)c(OC)c2)cc1OCC. The van der Waals surface area contributed by atoms with Gasteiger partial charge in [-0.15, -0.1) is 0 Å². The molecule has 2 heterocycles. The van der Waals surface area contributed by atoms with Gasteiger partial charge in [0, 0.05) is 22.7 Å². The van der Waals surface area contributed by atoms with Crippen LogP contribution in [0.5, 0.6) is 28.7 Å². The highest BCUT2D eigenvalue weighted by Crippen LogP contribution is 2.47. The molecule has 1 amide bonds. The maximum absolute atomic E-state index is 14.0. The summed E-state index contributed by atoms with van der Waals surface area (Å²) in [5.41, 5.74) is 4.50. The van der Waals surface area contributed by atoms with Crippen LogP contribution in [0.25, 0.3) is 11.3 Å². The summed E-state index contributed by atoms with van der Waals surface area (Å²) in [4.78, 5) is 15.8. The van der Waals surface area contributed by atoms with E-state index in [2.05, 4.69) is 17.1 Å². The molecule has 0 fully saturated rings. The van der Waals surface area contributed by atoms with E-state index >= 15 is 0 Å². The van der Waals surface area contributed by atoms with Crippen molar-refractivity contribution in [1.29, 1.82) is 0 Å². The molecule has 0 saturated carbocycles. The lowest BCUT2D eigenvalue weighted by Gasteiger charge is -2.27. The van der Waals surface area contributed by atoms with E-state index in [-0.39, 0.29) is 11.7 Å². The number of fused-ring (bicyclic) bond motifs is 1. The molecule has 0 spiro atoms. The molecule has 0 saturated heterocycles. The number of ether oxygens (including phenoxy) is 4. The van der Waals surface area contributed by atoms with Crippen molar-refractivity contribution in [2.45, 2.75) is 46.1 Å². The number of methoxy groups -OCH3 is 2. The highest BCUT2D eigenvalue weighted by atomic mass is 35.5. The third-order valence-electron chi connectivity index (χ3n) is 7.82. The van der Waals surface area contributed by atoms with Crippen LogP contribution in [0.3, 0.4) is 0 Å². The minimum atomic E-state index is -0.519. The van der Waals surface area contributed by atoms with Crippen LogP contribution < -0.4 is 18.9 Å². The molecule has 0 bridgehead atoms. The molecule has 232 valence electrons. The van der Waals surface area contributed by atoms with Crippen LogP contribution in [-0.2, 0) is 6.42 Å².